The molecule has 0 saturated carbocycles. The van der Waals surface area contributed by atoms with Gasteiger partial charge in [0, 0.05) is 19.4 Å². The summed E-state index contributed by atoms with van der Waals surface area (Å²) in [4.78, 5) is 3.97. The Bertz CT molecular complexity index is 549. The van der Waals surface area contributed by atoms with E-state index in [4.69, 9.17) is 10.2 Å². The lowest BCUT2D eigenvalue weighted by molar-refractivity contribution is 0.242. The van der Waals surface area contributed by atoms with Crippen molar-refractivity contribution in [1.29, 1.82) is 0 Å². The van der Waals surface area contributed by atoms with Gasteiger partial charge in [0.1, 0.15) is 5.69 Å². The van der Waals surface area contributed by atoms with Gasteiger partial charge in [-0.25, -0.2) is 0 Å². The maximum Gasteiger partial charge on any atom is 0.104 e. The van der Waals surface area contributed by atoms with Crippen molar-refractivity contribution in [2.75, 3.05) is 13.2 Å². The zero-order valence-electron chi connectivity index (χ0n) is 11.8. The van der Waals surface area contributed by atoms with Crippen molar-refractivity contribution < 1.29 is 10.2 Å². The smallest absolute Gasteiger partial charge is 0.104 e. The van der Waals surface area contributed by atoms with Crippen LogP contribution in [0.15, 0.2) is 59.0 Å². The molecule has 2 rings (SSSR count). The van der Waals surface area contributed by atoms with Crippen LogP contribution in [0.25, 0.3) is 0 Å². The number of benzene rings is 1. The van der Waals surface area contributed by atoms with Crippen molar-refractivity contribution >= 4 is 11.4 Å². The second kappa shape index (κ2) is 8.24. The van der Waals surface area contributed by atoms with Crippen LogP contribution < -0.4 is 0 Å². The van der Waals surface area contributed by atoms with Crippen LogP contribution in [-0.4, -0.2) is 28.4 Å². The first-order chi connectivity index (χ1) is 10.3. The average Bonchev–Trinajstić information content (AvgIpc) is 2.54. The predicted molar refractivity (Wildman–Crippen MR) is 81.0 cm³/mol. The minimum Gasteiger partial charge on any atom is -0.396 e. The first kappa shape index (κ1) is 15.3. The largest absolute Gasteiger partial charge is 0.396 e. The molecule has 0 atom stereocenters. The summed E-state index contributed by atoms with van der Waals surface area (Å²) >= 11 is 0. The average molecular weight is 285 g/mol. The topological polar surface area (TPSA) is 78.1 Å². The van der Waals surface area contributed by atoms with Gasteiger partial charge in [0.05, 0.1) is 11.9 Å². The number of rotatable bonds is 7. The van der Waals surface area contributed by atoms with Crippen LogP contribution in [-0.2, 0) is 0 Å². The maximum absolute atomic E-state index is 9.07. The van der Waals surface area contributed by atoms with Crippen LogP contribution in [0.5, 0.6) is 0 Å². The third-order valence-electron chi connectivity index (χ3n) is 3.25. The van der Waals surface area contributed by atoms with E-state index < -0.39 is 0 Å². The number of hydrogen-bond acceptors (Lipinski definition) is 5. The molecule has 2 N–H and O–H groups in total. The molecule has 21 heavy (non-hydrogen) atoms. The highest BCUT2D eigenvalue weighted by molar-refractivity contribution is 5.40. The number of pyridine rings is 1. The van der Waals surface area contributed by atoms with Crippen LogP contribution >= 0.6 is 0 Å². The summed E-state index contributed by atoms with van der Waals surface area (Å²) in [5.74, 6) is 0.171. The van der Waals surface area contributed by atoms with Gasteiger partial charge in [0.2, 0.25) is 0 Å². The Morgan fingerprint density at radius 3 is 2.14 bits per heavy atom. The minimum atomic E-state index is 0.118. The van der Waals surface area contributed by atoms with Gasteiger partial charge < -0.3 is 10.2 Å². The monoisotopic (exact) mass is 285 g/mol. The van der Waals surface area contributed by atoms with Crippen molar-refractivity contribution in [2.24, 2.45) is 10.2 Å². The lowest BCUT2D eigenvalue weighted by Gasteiger charge is -2.14. The standard InChI is InChI=1S/C16H19N3O2/c20-10-7-14(8-11-21)13-3-5-15(6-4-13)18-19-16-2-1-9-17-12-16/h1-6,9,12,14,20-21H,7-8,10-11H2. The molecule has 0 unspecified atom stereocenters. The Balaban J connectivity index is 2.06. The number of nitrogens with zero attached hydrogens (tertiary/aromatic N) is 3. The molecule has 0 saturated heterocycles. The van der Waals surface area contributed by atoms with E-state index in [1.54, 1.807) is 12.4 Å². The van der Waals surface area contributed by atoms with Crippen molar-refractivity contribution in [3.05, 3.63) is 54.4 Å². The van der Waals surface area contributed by atoms with Gasteiger partial charge in [-0.2, -0.15) is 5.11 Å². The summed E-state index contributed by atoms with van der Waals surface area (Å²) in [7, 11) is 0. The maximum atomic E-state index is 9.07. The Labute approximate surface area is 124 Å². The lowest BCUT2D eigenvalue weighted by atomic mass is 9.93. The van der Waals surface area contributed by atoms with Gasteiger partial charge in [0.15, 0.2) is 0 Å². The Kier molecular flexibility index (Phi) is 5.99. The molecule has 2 aromatic rings. The first-order valence-electron chi connectivity index (χ1n) is 6.97. The van der Waals surface area contributed by atoms with Crippen molar-refractivity contribution in [3.8, 4) is 0 Å². The van der Waals surface area contributed by atoms with Crippen LogP contribution in [0, 0.1) is 0 Å². The summed E-state index contributed by atoms with van der Waals surface area (Å²) in [5, 5.41) is 26.4. The van der Waals surface area contributed by atoms with E-state index in [0.717, 1.165) is 11.3 Å². The number of aliphatic hydroxyl groups is 2. The van der Waals surface area contributed by atoms with Crippen LogP contribution in [0.1, 0.15) is 24.3 Å². The summed E-state index contributed by atoms with van der Waals surface area (Å²) in [6.07, 6.45) is 4.64. The van der Waals surface area contributed by atoms with E-state index in [0.29, 0.717) is 18.5 Å². The highest BCUT2D eigenvalue weighted by Crippen LogP contribution is 2.25. The molecule has 110 valence electrons. The van der Waals surface area contributed by atoms with E-state index in [1.165, 1.54) is 0 Å². The molecule has 1 aromatic carbocycles. The molecule has 0 aliphatic carbocycles. The molecule has 1 heterocycles. The molecule has 5 nitrogen and oxygen atoms in total. The van der Waals surface area contributed by atoms with Gasteiger partial charge in [-0.3, -0.25) is 4.98 Å². The Morgan fingerprint density at radius 1 is 0.905 bits per heavy atom. The highest BCUT2D eigenvalue weighted by atomic mass is 16.3. The van der Waals surface area contributed by atoms with E-state index in [9.17, 15) is 0 Å². The number of azo groups is 1. The highest BCUT2D eigenvalue weighted by Gasteiger charge is 2.10. The summed E-state index contributed by atoms with van der Waals surface area (Å²) in [6.45, 7) is 0.236. The van der Waals surface area contributed by atoms with Gasteiger partial charge in [-0.1, -0.05) is 12.1 Å². The zero-order chi connectivity index (χ0) is 14.9. The third kappa shape index (κ3) is 4.73. The quantitative estimate of drug-likeness (QED) is 0.766. The fourth-order valence-corrected chi connectivity index (χ4v) is 2.13. The second-order valence-electron chi connectivity index (χ2n) is 4.72. The number of aliphatic hydroxyl groups excluding tert-OH is 2. The molecule has 0 bridgehead atoms. The molecular formula is C16H19N3O2. The first-order valence-corrected chi connectivity index (χ1v) is 6.97. The fourth-order valence-electron chi connectivity index (χ4n) is 2.13. The fraction of sp³-hybridized carbons (Fsp3) is 0.312. The second-order valence-corrected chi connectivity index (χ2v) is 4.72. The summed E-state index contributed by atoms with van der Waals surface area (Å²) in [5.41, 5.74) is 2.56. The van der Waals surface area contributed by atoms with E-state index in [2.05, 4.69) is 15.2 Å². The summed E-state index contributed by atoms with van der Waals surface area (Å²) in [6, 6.07) is 11.4. The molecular weight excluding hydrogens is 266 g/mol. The molecule has 5 heteroatoms. The minimum absolute atomic E-state index is 0.118. The zero-order valence-corrected chi connectivity index (χ0v) is 11.8. The summed E-state index contributed by atoms with van der Waals surface area (Å²) < 4.78 is 0. The van der Waals surface area contributed by atoms with Gasteiger partial charge in [-0.05, 0) is 48.6 Å². The third-order valence-corrected chi connectivity index (χ3v) is 3.25. The van der Waals surface area contributed by atoms with E-state index in [1.807, 2.05) is 36.4 Å². The number of hydrogen-bond donors (Lipinski definition) is 2. The van der Waals surface area contributed by atoms with Crippen molar-refractivity contribution in [2.45, 2.75) is 18.8 Å². The molecule has 0 radical (unpaired) electrons. The van der Waals surface area contributed by atoms with Crippen LogP contribution in [0.4, 0.5) is 11.4 Å². The van der Waals surface area contributed by atoms with Gasteiger partial charge >= 0.3 is 0 Å². The normalized spacial score (nSPS) is 11.4. The number of aromatic nitrogens is 1. The lowest BCUT2D eigenvalue weighted by Crippen LogP contribution is -2.03. The molecule has 0 aliphatic rings. The van der Waals surface area contributed by atoms with Crippen LogP contribution in [0.3, 0.4) is 0 Å². The molecule has 1 aromatic heterocycles. The SMILES string of the molecule is OCCC(CCO)c1ccc(N=Nc2cccnc2)cc1. The molecule has 0 aliphatic heterocycles. The molecule has 0 fully saturated rings. The van der Waals surface area contributed by atoms with Gasteiger partial charge in [-0.15, -0.1) is 5.11 Å². The molecule has 0 spiro atoms. The van der Waals surface area contributed by atoms with E-state index >= 15 is 0 Å². The predicted octanol–water partition coefficient (Wildman–Crippen LogP) is 3.35. The van der Waals surface area contributed by atoms with E-state index in [-0.39, 0.29) is 19.1 Å². The van der Waals surface area contributed by atoms with Crippen LogP contribution in [0.2, 0.25) is 0 Å². The van der Waals surface area contributed by atoms with Crippen molar-refractivity contribution in [3.63, 3.8) is 0 Å². The van der Waals surface area contributed by atoms with Gasteiger partial charge in [0.25, 0.3) is 0 Å². The Morgan fingerprint density at radius 2 is 1.57 bits per heavy atom. The Hall–Kier alpha value is -2.11. The van der Waals surface area contributed by atoms with Crippen molar-refractivity contribution in [1.82, 2.24) is 4.98 Å². The molecule has 0 amide bonds.